The molecule has 0 saturated carbocycles. The van der Waals surface area contributed by atoms with Crippen LogP contribution in [-0.4, -0.2) is 79.9 Å². The van der Waals surface area contributed by atoms with Gasteiger partial charge in [0.2, 0.25) is 5.91 Å². The summed E-state index contributed by atoms with van der Waals surface area (Å²) in [7, 11) is 3.49. The maximum absolute atomic E-state index is 11.8. The number of likely N-dealkylation sites (N-methyl/N-ethyl adjacent to an activating group) is 1. The third kappa shape index (κ3) is 6.45. The van der Waals surface area contributed by atoms with E-state index < -0.39 is 0 Å². The summed E-state index contributed by atoms with van der Waals surface area (Å²) in [5, 5.41) is 3.27. The van der Waals surface area contributed by atoms with Gasteiger partial charge in [-0.25, -0.2) is 4.99 Å². The fraction of sp³-hybridized carbons (Fsp3) is 0.529. The van der Waals surface area contributed by atoms with Crippen molar-refractivity contribution in [3.05, 3.63) is 33.5 Å². The number of nitrogens with zero attached hydrogens (tertiary/aromatic N) is 4. The van der Waals surface area contributed by atoms with Crippen molar-refractivity contribution in [3.8, 4) is 0 Å². The van der Waals surface area contributed by atoms with E-state index in [-0.39, 0.29) is 12.5 Å². The molecule has 2 rings (SSSR count). The van der Waals surface area contributed by atoms with Crippen LogP contribution in [0.25, 0.3) is 0 Å². The number of carbonyl (C=O) groups is 1. The van der Waals surface area contributed by atoms with E-state index >= 15 is 0 Å². The quantitative estimate of drug-likeness (QED) is 0.427. The lowest BCUT2D eigenvalue weighted by atomic mass is 10.3. The van der Waals surface area contributed by atoms with Crippen LogP contribution in [0, 0.1) is 0 Å². The predicted molar refractivity (Wildman–Crippen MR) is 108 cm³/mol. The number of nitrogens with one attached hydrogen (secondary N) is 1. The van der Waals surface area contributed by atoms with E-state index in [4.69, 9.17) is 0 Å². The van der Waals surface area contributed by atoms with Crippen LogP contribution in [-0.2, 0) is 11.3 Å². The largest absolute Gasteiger partial charge is 0.353 e. The number of aliphatic imine (C=N–C) groups is 1. The molecular formula is C17H26BrN5OS. The minimum absolute atomic E-state index is 0.000175. The zero-order valence-electron chi connectivity index (χ0n) is 14.9. The second kappa shape index (κ2) is 9.94. The van der Waals surface area contributed by atoms with Crippen molar-refractivity contribution in [1.29, 1.82) is 0 Å². The molecule has 0 aromatic carbocycles. The highest BCUT2D eigenvalue weighted by molar-refractivity contribution is 9.11. The van der Waals surface area contributed by atoms with Gasteiger partial charge in [-0.15, -0.1) is 17.9 Å². The second-order valence-electron chi connectivity index (χ2n) is 6.07. The summed E-state index contributed by atoms with van der Waals surface area (Å²) in [5.41, 5.74) is 0. The molecular weight excluding hydrogens is 402 g/mol. The van der Waals surface area contributed by atoms with Crippen LogP contribution < -0.4 is 5.32 Å². The van der Waals surface area contributed by atoms with E-state index in [0.717, 1.165) is 38.7 Å². The Bertz CT molecular complexity index is 608. The Kier molecular flexibility index (Phi) is 7.92. The molecule has 1 N–H and O–H groups in total. The van der Waals surface area contributed by atoms with Crippen LogP contribution in [0.15, 0.2) is 33.6 Å². The topological polar surface area (TPSA) is 51.2 Å². The first-order valence-electron chi connectivity index (χ1n) is 8.30. The smallest absolute Gasteiger partial charge is 0.243 e. The van der Waals surface area contributed by atoms with Gasteiger partial charge in [-0.05, 0) is 28.1 Å². The molecule has 1 fully saturated rings. The standard InChI is InChI=1S/C17H26BrN5OS/c1-4-7-19-17(20-12-16(24)21(2)3)23-10-8-22(9-11-23)13-14-5-6-15(18)25-14/h4-6H,1,7-13H2,2-3H3,(H,19,20). The van der Waals surface area contributed by atoms with Crippen molar-refractivity contribution < 1.29 is 4.79 Å². The maximum atomic E-state index is 11.8. The molecule has 1 amide bonds. The summed E-state index contributed by atoms with van der Waals surface area (Å²) in [6.07, 6.45) is 1.80. The van der Waals surface area contributed by atoms with Gasteiger partial charge < -0.3 is 15.1 Å². The van der Waals surface area contributed by atoms with E-state index in [1.807, 2.05) is 0 Å². The fourth-order valence-electron chi connectivity index (χ4n) is 2.49. The first kappa shape index (κ1) is 19.9. The molecule has 1 aromatic rings. The summed E-state index contributed by atoms with van der Waals surface area (Å²) in [5.74, 6) is 0.786. The van der Waals surface area contributed by atoms with Crippen molar-refractivity contribution in [2.75, 3.05) is 53.4 Å². The van der Waals surface area contributed by atoms with E-state index in [1.54, 1.807) is 36.4 Å². The van der Waals surface area contributed by atoms with E-state index in [9.17, 15) is 4.79 Å². The number of thiophene rings is 1. The Hall–Kier alpha value is -1.38. The van der Waals surface area contributed by atoms with Crippen LogP contribution >= 0.6 is 27.3 Å². The highest BCUT2D eigenvalue weighted by Gasteiger charge is 2.20. The molecule has 0 aliphatic carbocycles. The molecule has 0 unspecified atom stereocenters. The number of piperazine rings is 1. The van der Waals surface area contributed by atoms with Crippen molar-refractivity contribution in [2.45, 2.75) is 6.54 Å². The van der Waals surface area contributed by atoms with Gasteiger partial charge >= 0.3 is 0 Å². The Morgan fingerprint density at radius 2 is 2.12 bits per heavy atom. The Balaban J connectivity index is 1.90. The number of guanidine groups is 1. The van der Waals surface area contributed by atoms with Gasteiger partial charge in [0.25, 0.3) is 0 Å². The summed E-state index contributed by atoms with van der Waals surface area (Å²) in [4.78, 5) is 23.9. The molecule has 0 radical (unpaired) electrons. The average Bonchev–Trinajstić information content (AvgIpc) is 3.00. The summed E-state index contributed by atoms with van der Waals surface area (Å²) in [6, 6.07) is 4.27. The van der Waals surface area contributed by atoms with Crippen LogP contribution in [0.3, 0.4) is 0 Å². The van der Waals surface area contributed by atoms with Crippen molar-refractivity contribution in [1.82, 2.24) is 20.0 Å². The zero-order chi connectivity index (χ0) is 18.2. The molecule has 2 heterocycles. The molecule has 1 saturated heterocycles. The fourth-order valence-corrected chi connectivity index (χ4v) is 4.02. The minimum Gasteiger partial charge on any atom is -0.353 e. The van der Waals surface area contributed by atoms with Gasteiger partial charge in [-0.2, -0.15) is 0 Å². The molecule has 0 spiro atoms. The van der Waals surface area contributed by atoms with Crippen molar-refractivity contribution >= 4 is 39.1 Å². The highest BCUT2D eigenvalue weighted by Crippen LogP contribution is 2.23. The molecule has 0 atom stereocenters. The van der Waals surface area contributed by atoms with Gasteiger partial charge in [0.05, 0.1) is 3.79 Å². The number of rotatable bonds is 6. The Morgan fingerprint density at radius 1 is 1.40 bits per heavy atom. The minimum atomic E-state index is -0.000175. The summed E-state index contributed by atoms with van der Waals surface area (Å²) < 4.78 is 1.18. The third-order valence-electron chi connectivity index (χ3n) is 3.95. The van der Waals surface area contributed by atoms with Gasteiger partial charge in [0.15, 0.2) is 5.96 Å². The SMILES string of the molecule is C=CCNC(=NCC(=O)N(C)C)N1CCN(Cc2ccc(Br)s2)CC1. The molecule has 1 aliphatic rings. The van der Waals surface area contributed by atoms with Gasteiger partial charge in [-0.1, -0.05) is 6.08 Å². The van der Waals surface area contributed by atoms with Crippen LogP contribution in [0.1, 0.15) is 4.88 Å². The first-order chi connectivity index (χ1) is 12.0. The number of halogens is 1. The van der Waals surface area contributed by atoms with Crippen molar-refractivity contribution in [2.24, 2.45) is 4.99 Å². The summed E-state index contributed by atoms with van der Waals surface area (Å²) >= 11 is 5.30. The lowest BCUT2D eigenvalue weighted by Crippen LogP contribution is -2.52. The van der Waals surface area contributed by atoms with Crippen LogP contribution in [0.4, 0.5) is 0 Å². The number of carbonyl (C=O) groups excluding carboxylic acids is 1. The van der Waals surface area contributed by atoms with Gasteiger partial charge in [0.1, 0.15) is 6.54 Å². The van der Waals surface area contributed by atoms with E-state index in [1.165, 1.54) is 8.66 Å². The highest BCUT2D eigenvalue weighted by atomic mass is 79.9. The van der Waals surface area contributed by atoms with Gasteiger partial charge in [-0.3, -0.25) is 9.69 Å². The number of amides is 1. The molecule has 8 heteroatoms. The average molecular weight is 428 g/mol. The monoisotopic (exact) mass is 427 g/mol. The third-order valence-corrected chi connectivity index (χ3v) is 5.56. The maximum Gasteiger partial charge on any atom is 0.243 e. The van der Waals surface area contributed by atoms with Gasteiger partial charge in [0, 0.05) is 58.2 Å². The molecule has 138 valence electrons. The van der Waals surface area contributed by atoms with Crippen molar-refractivity contribution in [3.63, 3.8) is 0 Å². The number of hydrogen-bond acceptors (Lipinski definition) is 4. The Labute approximate surface area is 162 Å². The Morgan fingerprint density at radius 3 is 2.68 bits per heavy atom. The van der Waals surface area contributed by atoms with E-state index in [0.29, 0.717) is 6.54 Å². The van der Waals surface area contributed by atoms with Crippen LogP contribution in [0.2, 0.25) is 0 Å². The predicted octanol–water partition coefficient (Wildman–Crippen LogP) is 1.85. The molecule has 1 aliphatic heterocycles. The number of hydrogen-bond donors (Lipinski definition) is 1. The molecule has 25 heavy (non-hydrogen) atoms. The lowest BCUT2D eigenvalue weighted by Gasteiger charge is -2.36. The van der Waals surface area contributed by atoms with Crippen LogP contribution in [0.5, 0.6) is 0 Å². The van der Waals surface area contributed by atoms with E-state index in [2.05, 4.69) is 54.8 Å². The lowest BCUT2D eigenvalue weighted by molar-refractivity contribution is -0.127. The summed E-state index contributed by atoms with van der Waals surface area (Å²) in [6.45, 7) is 9.27. The zero-order valence-corrected chi connectivity index (χ0v) is 17.3. The normalized spacial score (nSPS) is 16.0. The first-order valence-corrected chi connectivity index (χ1v) is 9.91. The second-order valence-corrected chi connectivity index (χ2v) is 8.61. The molecule has 6 nitrogen and oxygen atoms in total. The molecule has 1 aromatic heterocycles. The molecule has 0 bridgehead atoms.